The summed E-state index contributed by atoms with van der Waals surface area (Å²) in [5, 5.41) is 9.71. The van der Waals surface area contributed by atoms with Crippen LogP contribution >= 0.6 is 0 Å². The topological polar surface area (TPSA) is 45.0 Å². The molecule has 35 heavy (non-hydrogen) atoms. The molecule has 180 valence electrons. The number of rotatable bonds is 9. The summed E-state index contributed by atoms with van der Waals surface area (Å²) in [5.41, 5.74) is 9.77. The molecule has 0 aliphatic rings. The largest absolute Gasteiger partial charge is 0.508 e. The van der Waals surface area contributed by atoms with Gasteiger partial charge in [0, 0.05) is 24.1 Å². The molecule has 0 fully saturated rings. The van der Waals surface area contributed by atoms with Crippen molar-refractivity contribution in [1.29, 1.82) is 0 Å². The quantitative estimate of drug-likeness (QED) is 0.319. The van der Waals surface area contributed by atoms with E-state index in [9.17, 15) is 5.11 Å². The van der Waals surface area contributed by atoms with Gasteiger partial charge in [-0.1, -0.05) is 78.7 Å². The van der Waals surface area contributed by atoms with Crippen molar-refractivity contribution in [1.82, 2.24) is 0 Å². The minimum atomic E-state index is 0.247. The Morgan fingerprint density at radius 1 is 0.800 bits per heavy atom. The molecule has 0 saturated carbocycles. The van der Waals surface area contributed by atoms with Gasteiger partial charge in [0.25, 0.3) is 0 Å². The molecule has 0 saturated heterocycles. The third-order valence-electron chi connectivity index (χ3n) is 6.14. The molecule has 3 heteroatoms. The second kappa shape index (κ2) is 12.7. The van der Waals surface area contributed by atoms with Crippen molar-refractivity contribution in [3.63, 3.8) is 0 Å². The predicted octanol–water partition coefficient (Wildman–Crippen LogP) is 8.13. The van der Waals surface area contributed by atoms with Crippen molar-refractivity contribution in [3.8, 4) is 5.75 Å². The molecule has 0 aromatic heterocycles. The fraction of sp³-hybridized carbons (Fsp3) is 0.250. The fourth-order valence-corrected chi connectivity index (χ4v) is 3.77. The summed E-state index contributed by atoms with van der Waals surface area (Å²) < 4.78 is 0. The number of hydrogen-bond donors (Lipinski definition) is 1. The average Bonchev–Trinajstić information content (AvgIpc) is 2.88. The fourth-order valence-electron chi connectivity index (χ4n) is 3.77. The summed E-state index contributed by atoms with van der Waals surface area (Å²) in [7, 11) is 0. The van der Waals surface area contributed by atoms with Crippen LogP contribution in [0.5, 0.6) is 5.75 Å². The van der Waals surface area contributed by atoms with Crippen LogP contribution < -0.4 is 0 Å². The van der Waals surface area contributed by atoms with Crippen LogP contribution in [0.15, 0.2) is 106 Å². The van der Waals surface area contributed by atoms with E-state index in [4.69, 9.17) is 9.98 Å². The second-order valence-electron chi connectivity index (χ2n) is 8.88. The van der Waals surface area contributed by atoms with Gasteiger partial charge in [-0.25, -0.2) is 0 Å². The van der Waals surface area contributed by atoms with E-state index in [1.54, 1.807) is 12.1 Å². The zero-order valence-corrected chi connectivity index (χ0v) is 21.5. The van der Waals surface area contributed by atoms with Crippen molar-refractivity contribution < 1.29 is 5.11 Å². The number of hydrogen-bond acceptors (Lipinski definition) is 3. The van der Waals surface area contributed by atoms with E-state index in [0.717, 1.165) is 41.2 Å². The summed E-state index contributed by atoms with van der Waals surface area (Å²) in [4.78, 5) is 10.2. The number of aromatic hydroxyl groups is 1. The third-order valence-corrected chi connectivity index (χ3v) is 6.14. The molecule has 0 aliphatic heterocycles. The molecule has 0 unspecified atom stereocenters. The Hall–Kier alpha value is -3.72. The molecule has 3 aromatic carbocycles. The first-order chi connectivity index (χ1) is 16.9. The Morgan fingerprint density at radius 2 is 1.43 bits per heavy atom. The van der Waals surface area contributed by atoms with Gasteiger partial charge in [0.2, 0.25) is 0 Å². The van der Waals surface area contributed by atoms with Crippen LogP contribution in [0.2, 0.25) is 0 Å². The molecule has 0 bridgehead atoms. The van der Waals surface area contributed by atoms with Gasteiger partial charge in [-0.3, -0.25) is 9.98 Å². The van der Waals surface area contributed by atoms with Crippen molar-refractivity contribution in [2.45, 2.75) is 53.9 Å². The Balaban J connectivity index is 2.03. The molecule has 0 atom stereocenters. The van der Waals surface area contributed by atoms with E-state index < -0.39 is 0 Å². The van der Waals surface area contributed by atoms with E-state index in [0.29, 0.717) is 6.42 Å². The third kappa shape index (κ3) is 7.65. The van der Waals surface area contributed by atoms with Gasteiger partial charge in [-0.15, -0.1) is 0 Å². The van der Waals surface area contributed by atoms with Crippen molar-refractivity contribution >= 4 is 17.1 Å². The van der Waals surface area contributed by atoms with E-state index in [2.05, 4.69) is 76.2 Å². The predicted molar refractivity (Wildman–Crippen MR) is 150 cm³/mol. The van der Waals surface area contributed by atoms with Crippen LogP contribution in [0.3, 0.4) is 0 Å². The molecule has 3 rings (SSSR count). The lowest BCUT2D eigenvalue weighted by molar-refractivity contribution is 0.475. The Kier molecular flexibility index (Phi) is 9.37. The average molecular weight is 465 g/mol. The molecular formula is C32H36N2O. The lowest BCUT2D eigenvalue weighted by atomic mass is 10.0. The smallest absolute Gasteiger partial charge is 0.115 e. The molecule has 3 nitrogen and oxygen atoms in total. The second-order valence-corrected chi connectivity index (χ2v) is 8.88. The maximum Gasteiger partial charge on any atom is 0.115 e. The number of aryl methyl sites for hydroxylation is 1. The van der Waals surface area contributed by atoms with Crippen LogP contribution in [0.4, 0.5) is 0 Å². The van der Waals surface area contributed by atoms with E-state index >= 15 is 0 Å². The van der Waals surface area contributed by atoms with Crippen LogP contribution in [0.1, 0.15) is 56.4 Å². The van der Waals surface area contributed by atoms with E-state index in [-0.39, 0.29) is 5.75 Å². The highest BCUT2D eigenvalue weighted by molar-refractivity contribution is 6.42. The highest BCUT2D eigenvalue weighted by atomic mass is 16.3. The van der Waals surface area contributed by atoms with Gasteiger partial charge in [0.1, 0.15) is 5.75 Å². The summed E-state index contributed by atoms with van der Waals surface area (Å²) in [6, 6.07) is 26.2. The van der Waals surface area contributed by atoms with E-state index in [1.807, 2.05) is 31.2 Å². The Bertz CT molecular complexity index is 1230. The number of phenolic OH excluding ortho intramolecular Hbond substituents is 1. The number of aliphatic imine (C=N–C) groups is 2. The first kappa shape index (κ1) is 25.9. The maximum absolute atomic E-state index is 9.71. The minimum Gasteiger partial charge on any atom is -0.508 e. The lowest BCUT2D eigenvalue weighted by Gasteiger charge is -2.13. The summed E-state index contributed by atoms with van der Waals surface area (Å²) >= 11 is 0. The first-order valence-electron chi connectivity index (χ1n) is 12.3. The van der Waals surface area contributed by atoms with Gasteiger partial charge >= 0.3 is 0 Å². The van der Waals surface area contributed by atoms with Crippen molar-refractivity contribution in [3.05, 3.63) is 118 Å². The van der Waals surface area contributed by atoms with Gasteiger partial charge in [0.05, 0.1) is 17.1 Å². The summed E-state index contributed by atoms with van der Waals surface area (Å²) in [5.74, 6) is 0.247. The van der Waals surface area contributed by atoms with E-state index in [1.165, 1.54) is 22.3 Å². The van der Waals surface area contributed by atoms with Crippen molar-refractivity contribution in [2.75, 3.05) is 0 Å². The maximum atomic E-state index is 9.71. The number of benzene rings is 3. The van der Waals surface area contributed by atoms with Gasteiger partial charge in [-0.05, 0) is 69.5 Å². The molecule has 0 heterocycles. The molecule has 1 N–H and O–H groups in total. The highest BCUT2D eigenvalue weighted by Crippen LogP contribution is 2.22. The SMILES string of the molecule is C\C=C(/N=C(Cc1ccccc1)\C(C)=N\C(Cc1ccc(C)cc1)=C(/C)CC)c1ccc(O)cc1. The molecule has 3 aromatic rings. The molecule has 0 radical (unpaired) electrons. The Morgan fingerprint density at radius 3 is 2.03 bits per heavy atom. The minimum absolute atomic E-state index is 0.247. The zero-order valence-electron chi connectivity index (χ0n) is 21.5. The number of phenols is 1. The van der Waals surface area contributed by atoms with Gasteiger partial charge in [-0.2, -0.15) is 0 Å². The van der Waals surface area contributed by atoms with Crippen LogP contribution in [0.25, 0.3) is 5.70 Å². The first-order valence-corrected chi connectivity index (χ1v) is 12.3. The van der Waals surface area contributed by atoms with Gasteiger partial charge in [0.15, 0.2) is 0 Å². The molecule has 0 amide bonds. The van der Waals surface area contributed by atoms with Crippen LogP contribution in [-0.2, 0) is 12.8 Å². The van der Waals surface area contributed by atoms with Crippen LogP contribution in [0, 0.1) is 6.92 Å². The summed E-state index contributed by atoms with van der Waals surface area (Å²) in [6.07, 6.45) is 4.45. The molecule has 0 spiro atoms. The van der Waals surface area contributed by atoms with Crippen LogP contribution in [-0.4, -0.2) is 16.5 Å². The zero-order chi connectivity index (χ0) is 25.2. The van der Waals surface area contributed by atoms with Gasteiger partial charge < -0.3 is 5.11 Å². The molecular weight excluding hydrogens is 428 g/mol. The Labute approximate surface area is 210 Å². The lowest BCUT2D eigenvalue weighted by Crippen LogP contribution is -2.15. The van der Waals surface area contributed by atoms with Crippen molar-refractivity contribution in [2.24, 2.45) is 9.98 Å². The number of allylic oxidation sites excluding steroid dienone is 3. The standard InChI is InChI=1S/C32H36N2O/c1-6-24(4)31(21-27-15-13-23(3)14-16-27)33-25(5)32(22-26-11-9-8-10-12-26)34-30(7-2)28-17-19-29(35)20-18-28/h7-20,35H,6,21-22H2,1-5H3/b30-7-,31-24+,33-25+,34-32-. The normalized spacial score (nSPS) is 13.6. The highest BCUT2D eigenvalue weighted by Gasteiger charge is 2.11. The monoisotopic (exact) mass is 464 g/mol. The summed E-state index contributed by atoms with van der Waals surface area (Å²) in [6.45, 7) is 10.5. The molecule has 0 aliphatic carbocycles. The number of nitrogens with zero attached hydrogens (tertiary/aromatic N) is 2.